The van der Waals surface area contributed by atoms with Crippen LogP contribution < -0.4 is 16.0 Å². The SMILES string of the molecule is CN=C(NCCNC(=O)OC(C)(C)C)NCC1(C(=O)N(C)C)CCCC1.I. The van der Waals surface area contributed by atoms with E-state index in [9.17, 15) is 9.59 Å². The summed E-state index contributed by atoms with van der Waals surface area (Å²) in [6.07, 6.45) is 3.51. The maximum atomic E-state index is 12.6. The van der Waals surface area contributed by atoms with Gasteiger partial charge >= 0.3 is 6.09 Å². The summed E-state index contributed by atoms with van der Waals surface area (Å²) in [5, 5.41) is 9.09. The van der Waals surface area contributed by atoms with Crippen LogP contribution >= 0.6 is 24.0 Å². The van der Waals surface area contributed by atoms with Crippen molar-refractivity contribution in [1.29, 1.82) is 0 Å². The highest BCUT2D eigenvalue weighted by molar-refractivity contribution is 14.0. The number of ether oxygens (including phenoxy) is 1. The van der Waals surface area contributed by atoms with E-state index in [1.807, 2.05) is 20.8 Å². The molecule has 0 spiro atoms. The molecule has 0 aromatic heterocycles. The number of halogens is 1. The zero-order valence-electron chi connectivity index (χ0n) is 17.5. The number of carbonyl (C=O) groups is 2. The molecule has 3 N–H and O–H groups in total. The highest BCUT2D eigenvalue weighted by Gasteiger charge is 2.42. The fraction of sp³-hybridized carbons (Fsp3) is 0.833. The van der Waals surface area contributed by atoms with Crippen LogP contribution in [0.25, 0.3) is 0 Å². The Morgan fingerprint density at radius 1 is 1.07 bits per heavy atom. The molecular weight excluding hydrogens is 461 g/mol. The molecule has 0 radical (unpaired) electrons. The van der Waals surface area contributed by atoms with Gasteiger partial charge in [0.2, 0.25) is 5.91 Å². The van der Waals surface area contributed by atoms with E-state index >= 15 is 0 Å². The smallest absolute Gasteiger partial charge is 0.407 e. The van der Waals surface area contributed by atoms with Crippen molar-refractivity contribution in [1.82, 2.24) is 20.9 Å². The second-order valence-electron chi connectivity index (χ2n) is 7.97. The first-order valence-corrected chi connectivity index (χ1v) is 9.23. The summed E-state index contributed by atoms with van der Waals surface area (Å²) in [6.45, 7) is 6.95. The average Bonchev–Trinajstić information content (AvgIpc) is 3.01. The number of aliphatic imine (C=N–C) groups is 1. The average molecular weight is 497 g/mol. The van der Waals surface area contributed by atoms with Crippen LogP contribution in [-0.4, -0.2) is 69.2 Å². The monoisotopic (exact) mass is 497 g/mol. The Labute approximate surface area is 180 Å². The van der Waals surface area contributed by atoms with Gasteiger partial charge in [-0.1, -0.05) is 12.8 Å². The number of alkyl carbamates (subject to hydrolysis) is 1. The van der Waals surface area contributed by atoms with Crippen LogP contribution in [0.1, 0.15) is 46.5 Å². The lowest BCUT2D eigenvalue weighted by atomic mass is 9.84. The molecule has 27 heavy (non-hydrogen) atoms. The van der Waals surface area contributed by atoms with Crippen molar-refractivity contribution in [3.05, 3.63) is 0 Å². The summed E-state index contributed by atoms with van der Waals surface area (Å²) in [7, 11) is 5.29. The molecule has 1 aliphatic carbocycles. The van der Waals surface area contributed by atoms with Gasteiger partial charge in [0.25, 0.3) is 0 Å². The normalized spacial score (nSPS) is 16.1. The maximum absolute atomic E-state index is 12.6. The van der Waals surface area contributed by atoms with Crippen LogP contribution in [0.2, 0.25) is 0 Å². The van der Waals surface area contributed by atoms with Crippen molar-refractivity contribution >= 4 is 41.9 Å². The van der Waals surface area contributed by atoms with E-state index in [2.05, 4.69) is 20.9 Å². The van der Waals surface area contributed by atoms with Crippen molar-refractivity contribution < 1.29 is 14.3 Å². The molecule has 0 atom stereocenters. The van der Waals surface area contributed by atoms with Crippen molar-refractivity contribution in [3.8, 4) is 0 Å². The van der Waals surface area contributed by atoms with Crippen LogP contribution in [0.3, 0.4) is 0 Å². The molecule has 8 nitrogen and oxygen atoms in total. The van der Waals surface area contributed by atoms with Gasteiger partial charge in [-0.25, -0.2) is 4.79 Å². The number of nitrogens with one attached hydrogen (secondary N) is 3. The number of nitrogens with zero attached hydrogens (tertiary/aromatic N) is 2. The fourth-order valence-corrected chi connectivity index (χ4v) is 3.13. The first-order chi connectivity index (χ1) is 12.1. The first-order valence-electron chi connectivity index (χ1n) is 9.23. The Hall–Kier alpha value is -1.26. The number of guanidine groups is 1. The van der Waals surface area contributed by atoms with E-state index in [0.29, 0.717) is 25.6 Å². The highest BCUT2D eigenvalue weighted by Crippen LogP contribution is 2.38. The number of hydrogen-bond acceptors (Lipinski definition) is 4. The zero-order chi connectivity index (χ0) is 19.8. The van der Waals surface area contributed by atoms with Gasteiger partial charge in [0.05, 0.1) is 5.41 Å². The minimum absolute atomic E-state index is 0. The first kappa shape index (κ1) is 25.7. The van der Waals surface area contributed by atoms with Crippen LogP contribution in [-0.2, 0) is 9.53 Å². The molecule has 0 aromatic carbocycles. The molecule has 1 fully saturated rings. The Bertz CT molecular complexity index is 512. The van der Waals surface area contributed by atoms with Gasteiger partial charge in [0, 0.05) is 40.8 Å². The van der Waals surface area contributed by atoms with Gasteiger partial charge in [-0.3, -0.25) is 9.79 Å². The van der Waals surface area contributed by atoms with E-state index in [-0.39, 0.29) is 35.3 Å². The molecule has 1 rings (SSSR count). The van der Waals surface area contributed by atoms with Gasteiger partial charge in [0.1, 0.15) is 5.60 Å². The van der Waals surface area contributed by atoms with Gasteiger partial charge < -0.3 is 25.6 Å². The molecule has 0 heterocycles. The Morgan fingerprint density at radius 2 is 1.63 bits per heavy atom. The molecule has 158 valence electrons. The van der Waals surface area contributed by atoms with Gasteiger partial charge in [-0.15, -0.1) is 24.0 Å². The number of amides is 2. The van der Waals surface area contributed by atoms with E-state index in [1.165, 1.54) is 0 Å². The van der Waals surface area contributed by atoms with Gasteiger partial charge in [0.15, 0.2) is 5.96 Å². The Balaban J connectivity index is 0.00000676. The summed E-state index contributed by atoms with van der Waals surface area (Å²) < 4.78 is 5.18. The number of hydrogen-bond donors (Lipinski definition) is 3. The topological polar surface area (TPSA) is 95.1 Å². The second-order valence-corrected chi connectivity index (χ2v) is 7.97. The summed E-state index contributed by atoms with van der Waals surface area (Å²) in [5.74, 6) is 0.790. The molecule has 0 unspecified atom stereocenters. The Kier molecular flexibility index (Phi) is 11.0. The van der Waals surface area contributed by atoms with Crippen LogP contribution in [0.5, 0.6) is 0 Å². The number of carbonyl (C=O) groups excluding carboxylic acids is 2. The lowest BCUT2D eigenvalue weighted by molar-refractivity contribution is -0.138. The molecule has 1 saturated carbocycles. The van der Waals surface area contributed by atoms with Crippen molar-refractivity contribution in [2.24, 2.45) is 10.4 Å². The van der Waals surface area contributed by atoms with Crippen molar-refractivity contribution in [2.45, 2.75) is 52.1 Å². The summed E-state index contributed by atoms with van der Waals surface area (Å²) in [4.78, 5) is 30.0. The predicted octanol–water partition coefficient (Wildman–Crippen LogP) is 1.94. The van der Waals surface area contributed by atoms with Gasteiger partial charge in [-0.2, -0.15) is 0 Å². The lowest BCUT2D eigenvalue weighted by Gasteiger charge is -2.31. The summed E-state index contributed by atoms with van der Waals surface area (Å²) in [5.41, 5.74) is -0.862. The van der Waals surface area contributed by atoms with Crippen LogP contribution in [0, 0.1) is 5.41 Å². The molecule has 0 aliphatic heterocycles. The summed E-state index contributed by atoms with van der Waals surface area (Å²) >= 11 is 0. The third-order valence-corrected chi connectivity index (χ3v) is 4.32. The third-order valence-electron chi connectivity index (χ3n) is 4.32. The van der Waals surface area contributed by atoms with E-state index < -0.39 is 11.7 Å². The largest absolute Gasteiger partial charge is 0.444 e. The maximum Gasteiger partial charge on any atom is 0.407 e. The third kappa shape index (κ3) is 8.98. The quantitative estimate of drug-likeness (QED) is 0.226. The zero-order valence-corrected chi connectivity index (χ0v) is 19.8. The minimum atomic E-state index is -0.510. The lowest BCUT2D eigenvalue weighted by Crippen LogP contribution is -2.50. The van der Waals surface area contributed by atoms with Crippen LogP contribution in [0.4, 0.5) is 4.79 Å². The minimum Gasteiger partial charge on any atom is -0.444 e. The summed E-state index contributed by atoms with van der Waals surface area (Å²) in [6, 6.07) is 0. The number of rotatable bonds is 6. The molecule has 2 amide bonds. The molecule has 0 saturated heterocycles. The van der Waals surface area contributed by atoms with Crippen LogP contribution in [0.15, 0.2) is 4.99 Å². The highest BCUT2D eigenvalue weighted by atomic mass is 127. The standard InChI is InChI=1S/C18H35N5O3.HI/c1-17(2,3)26-16(25)21-12-11-20-15(19-4)22-13-18(9-7-8-10-18)14(24)23(5)6;/h7-13H2,1-6H3,(H,21,25)(H2,19,20,22);1H. The molecular formula is C18H36IN5O3. The second kappa shape index (κ2) is 11.6. The molecule has 0 aromatic rings. The molecule has 1 aliphatic rings. The molecule has 0 bridgehead atoms. The molecule has 9 heteroatoms. The fourth-order valence-electron chi connectivity index (χ4n) is 3.13. The predicted molar refractivity (Wildman–Crippen MR) is 119 cm³/mol. The van der Waals surface area contributed by atoms with Crippen molar-refractivity contribution in [3.63, 3.8) is 0 Å². The van der Waals surface area contributed by atoms with E-state index in [0.717, 1.165) is 25.7 Å². The van der Waals surface area contributed by atoms with E-state index in [4.69, 9.17) is 4.74 Å². The van der Waals surface area contributed by atoms with E-state index in [1.54, 1.807) is 26.0 Å². The van der Waals surface area contributed by atoms with Crippen molar-refractivity contribution in [2.75, 3.05) is 40.8 Å². The van der Waals surface area contributed by atoms with Gasteiger partial charge in [-0.05, 0) is 33.6 Å². The Morgan fingerprint density at radius 3 is 2.11 bits per heavy atom.